The maximum Gasteiger partial charge on any atom is 0.251 e. The first kappa shape index (κ1) is 20.2. The molecule has 0 atom stereocenters. The van der Waals surface area contributed by atoms with Gasteiger partial charge >= 0.3 is 0 Å². The molecule has 28 heavy (non-hydrogen) atoms. The lowest BCUT2D eigenvalue weighted by atomic mass is 10.1. The predicted octanol–water partition coefficient (Wildman–Crippen LogP) is 3.11. The number of rotatable bonds is 8. The van der Waals surface area contributed by atoms with Crippen molar-refractivity contribution in [3.05, 3.63) is 70.3 Å². The van der Waals surface area contributed by atoms with Crippen LogP contribution in [0.15, 0.2) is 54.2 Å². The fourth-order valence-corrected chi connectivity index (χ4v) is 4.36. The van der Waals surface area contributed by atoms with Gasteiger partial charge in [-0.2, -0.15) is 0 Å². The van der Waals surface area contributed by atoms with E-state index in [1.807, 2.05) is 17.5 Å². The zero-order valence-electron chi connectivity index (χ0n) is 15.5. The van der Waals surface area contributed by atoms with Crippen LogP contribution in [-0.2, 0) is 22.0 Å². The fourth-order valence-electron chi connectivity index (χ4n) is 2.73. The minimum absolute atomic E-state index is 0.0715. The first-order chi connectivity index (χ1) is 13.4. The molecule has 146 valence electrons. The number of sulfone groups is 1. The van der Waals surface area contributed by atoms with Crippen molar-refractivity contribution >= 4 is 27.1 Å². The van der Waals surface area contributed by atoms with E-state index in [9.17, 15) is 13.2 Å². The molecule has 0 fully saturated rings. The van der Waals surface area contributed by atoms with Crippen molar-refractivity contribution < 1.29 is 13.2 Å². The molecule has 1 amide bonds. The van der Waals surface area contributed by atoms with E-state index in [-0.39, 0.29) is 11.7 Å². The fraction of sp³-hybridized carbons (Fsp3) is 0.250. The minimum atomic E-state index is -3.13. The topological polar surface area (TPSA) is 89.0 Å². The Balaban J connectivity index is 1.48. The van der Waals surface area contributed by atoms with Crippen LogP contribution < -0.4 is 5.32 Å². The van der Waals surface area contributed by atoms with Crippen molar-refractivity contribution in [3.63, 3.8) is 0 Å². The Hall–Kier alpha value is -2.58. The Morgan fingerprint density at radius 3 is 2.71 bits per heavy atom. The van der Waals surface area contributed by atoms with Gasteiger partial charge in [-0.1, -0.05) is 12.1 Å². The van der Waals surface area contributed by atoms with Crippen molar-refractivity contribution in [2.24, 2.45) is 0 Å². The van der Waals surface area contributed by atoms with Crippen LogP contribution in [0.4, 0.5) is 0 Å². The SMILES string of the molecule is CS(=O)(=O)Cc1cccc(C(=O)NCCCc2nc(-c3ccncc3)cs2)c1. The lowest BCUT2D eigenvalue weighted by molar-refractivity contribution is 0.0953. The van der Waals surface area contributed by atoms with Crippen LogP contribution in [-0.4, -0.2) is 37.1 Å². The van der Waals surface area contributed by atoms with Gasteiger partial charge in [-0.25, -0.2) is 13.4 Å². The monoisotopic (exact) mass is 415 g/mol. The quantitative estimate of drug-likeness (QED) is 0.571. The number of thiazole rings is 1. The molecule has 2 heterocycles. The molecular formula is C20H21N3O3S2. The summed E-state index contributed by atoms with van der Waals surface area (Å²) >= 11 is 1.61. The van der Waals surface area contributed by atoms with Crippen LogP contribution >= 0.6 is 11.3 Å². The molecule has 1 N–H and O–H groups in total. The summed E-state index contributed by atoms with van der Waals surface area (Å²) in [5, 5.41) is 5.93. The number of carbonyl (C=O) groups is 1. The predicted molar refractivity (Wildman–Crippen MR) is 111 cm³/mol. The van der Waals surface area contributed by atoms with Crippen molar-refractivity contribution in [1.29, 1.82) is 0 Å². The van der Waals surface area contributed by atoms with Crippen molar-refractivity contribution in [2.45, 2.75) is 18.6 Å². The van der Waals surface area contributed by atoms with Crippen LogP contribution in [0, 0.1) is 0 Å². The van der Waals surface area contributed by atoms with E-state index >= 15 is 0 Å². The third-order valence-electron chi connectivity index (χ3n) is 4.00. The summed E-state index contributed by atoms with van der Waals surface area (Å²) in [6.07, 6.45) is 6.23. The highest BCUT2D eigenvalue weighted by Gasteiger charge is 2.10. The Kier molecular flexibility index (Phi) is 6.53. The normalized spacial score (nSPS) is 11.3. The largest absolute Gasteiger partial charge is 0.352 e. The highest BCUT2D eigenvalue weighted by Crippen LogP contribution is 2.21. The van der Waals surface area contributed by atoms with Crippen molar-refractivity contribution in [2.75, 3.05) is 12.8 Å². The Morgan fingerprint density at radius 1 is 1.18 bits per heavy atom. The van der Waals surface area contributed by atoms with E-state index in [1.54, 1.807) is 48.0 Å². The Morgan fingerprint density at radius 2 is 1.96 bits per heavy atom. The molecule has 0 aliphatic rings. The Bertz CT molecular complexity index is 1050. The third kappa shape index (κ3) is 5.97. The van der Waals surface area contributed by atoms with E-state index in [0.29, 0.717) is 17.7 Å². The van der Waals surface area contributed by atoms with Crippen molar-refractivity contribution in [1.82, 2.24) is 15.3 Å². The van der Waals surface area contributed by atoms with E-state index < -0.39 is 9.84 Å². The van der Waals surface area contributed by atoms with Gasteiger partial charge in [0.25, 0.3) is 5.91 Å². The van der Waals surface area contributed by atoms with Crippen LogP contribution in [0.5, 0.6) is 0 Å². The Labute approximate surface area is 168 Å². The first-order valence-electron chi connectivity index (χ1n) is 8.80. The number of carbonyl (C=O) groups excluding carboxylic acids is 1. The van der Waals surface area contributed by atoms with Gasteiger partial charge in [0.2, 0.25) is 0 Å². The molecule has 1 aromatic carbocycles. The highest BCUT2D eigenvalue weighted by molar-refractivity contribution is 7.89. The molecule has 0 aliphatic heterocycles. The molecule has 0 aliphatic carbocycles. The summed E-state index contributed by atoms with van der Waals surface area (Å²) in [6, 6.07) is 10.6. The van der Waals surface area contributed by atoms with Gasteiger partial charge in [-0.05, 0) is 36.2 Å². The van der Waals surface area contributed by atoms with E-state index in [4.69, 9.17) is 0 Å². The van der Waals surface area contributed by atoms with Gasteiger partial charge in [0.1, 0.15) is 0 Å². The first-order valence-corrected chi connectivity index (χ1v) is 11.7. The zero-order chi connectivity index (χ0) is 20.0. The molecule has 8 heteroatoms. The average Bonchev–Trinajstić information content (AvgIpc) is 3.13. The number of aryl methyl sites for hydroxylation is 1. The molecular weight excluding hydrogens is 394 g/mol. The van der Waals surface area contributed by atoms with Crippen LogP contribution in [0.25, 0.3) is 11.3 Å². The molecule has 2 aromatic heterocycles. The lowest BCUT2D eigenvalue weighted by Crippen LogP contribution is -2.24. The number of nitrogens with one attached hydrogen (secondary N) is 1. The highest BCUT2D eigenvalue weighted by atomic mass is 32.2. The molecule has 0 unspecified atom stereocenters. The smallest absolute Gasteiger partial charge is 0.251 e. The minimum Gasteiger partial charge on any atom is -0.352 e. The molecule has 3 aromatic rings. The average molecular weight is 416 g/mol. The number of nitrogens with zero attached hydrogens (tertiary/aromatic N) is 2. The third-order valence-corrected chi connectivity index (χ3v) is 5.77. The summed E-state index contributed by atoms with van der Waals surface area (Å²) in [6.45, 7) is 0.527. The van der Waals surface area contributed by atoms with Crippen LogP contribution in [0.3, 0.4) is 0 Å². The van der Waals surface area contributed by atoms with Gasteiger partial charge in [-0.3, -0.25) is 9.78 Å². The number of amides is 1. The summed E-state index contributed by atoms with van der Waals surface area (Å²) in [5.74, 6) is -0.273. The summed E-state index contributed by atoms with van der Waals surface area (Å²) in [4.78, 5) is 20.9. The maximum absolute atomic E-state index is 12.3. The van der Waals surface area contributed by atoms with Gasteiger partial charge in [0, 0.05) is 48.1 Å². The number of benzene rings is 1. The molecule has 3 rings (SSSR count). The second-order valence-electron chi connectivity index (χ2n) is 6.49. The molecule has 0 saturated carbocycles. The number of hydrogen-bond acceptors (Lipinski definition) is 6. The molecule has 0 spiro atoms. The summed E-state index contributed by atoms with van der Waals surface area (Å²) < 4.78 is 22.8. The number of pyridine rings is 1. The van der Waals surface area contributed by atoms with Gasteiger partial charge in [-0.15, -0.1) is 11.3 Å². The number of aromatic nitrogens is 2. The second kappa shape index (κ2) is 9.07. The number of hydrogen-bond donors (Lipinski definition) is 1. The van der Waals surface area contributed by atoms with Crippen LogP contribution in [0.2, 0.25) is 0 Å². The zero-order valence-corrected chi connectivity index (χ0v) is 17.1. The van der Waals surface area contributed by atoms with Gasteiger partial charge < -0.3 is 5.32 Å². The molecule has 0 bridgehead atoms. The van der Waals surface area contributed by atoms with E-state index in [0.717, 1.165) is 29.1 Å². The summed E-state index contributed by atoms with van der Waals surface area (Å²) in [7, 11) is -3.13. The van der Waals surface area contributed by atoms with E-state index in [2.05, 4.69) is 15.3 Å². The lowest BCUT2D eigenvalue weighted by Gasteiger charge is -2.06. The van der Waals surface area contributed by atoms with Crippen molar-refractivity contribution in [3.8, 4) is 11.3 Å². The standard InChI is InChI=1S/C20H21N3O3S2/c1-28(25,26)14-15-4-2-5-17(12-15)20(24)22-9-3-6-19-23-18(13-27-19)16-7-10-21-11-8-16/h2,4-5,7-8,10-13H,3,6,9,14H2,1H3,(H,22,24). The van der Waals surface area contributed by atoms with E-state index in [1.165, 1.54) is 6.26 Å². The van der Waals surface area contributed by atoms with Gasteiger partial charge in [0.15, 0.2) is 9.84 Å². The van der Waals surface area contributed by atoms with Gasteiger partial charge in [0.05, 0.1) is 16.5 Å². The maximum atomic E-state index is 12.3. The molecule has 0 radical (unpaired) electrons. The second-order valence-corrected chi connectivity index (χ2v) is 9.58. The summed E-state index contributed by atoms with van der Waals surface area (Å²) in [5.41, 5.74) is 3.06. The van der Waals surface area contributed by atoms with Crippen LogP contribution in [0.1, 0.15) is 27.3 Å². The molecule has 6 nitrogen and oxygen atoms in total. The molecule has 0 saturated heterocycles.